The highest BCUT2D eigenvalue weighted by Gasteiger charge is 2.38. The van der Waals surface area contributed by atoms with E-state index in [0.29, 0.717) is 15.4 Å². The predicted molar refractivity (Wildman–Crippen MR) is 115 cm³/mol. The van der Waals surface area contributed by atoms with Gasteiger partial charge in [-0.25, -0.2) is 14.8 Å². The van der Waals surface area contributed by atoms with Crippen LogP contribution >= 0.6 is 23.2 Å². The van der Waals surface area contributed by atoms with E-state index in [1.165, 1.54) is 7.11 Å². The van der Waals surface area contributed by atoms with Crippen LogP contribution in [0.15, 0.2) is 58.3 Å². The number of hydrogen-bond acceptors (Lipinski definition) is 5. The van der Waals surface area contributed by atoms with Gasteiger partial charge in [0.15, 0.2) is 0 Å². The minimum atomic E-state index is -0.863. The van der Waals surface area contributed by atoms with Crippen molar-refractivity contribution in [3.05, 3.63) is 68.8 Å². The van der Waals surface area contributed by atoms with Crippen LogP contribution in [0, 0.1) is 5.92 Å². The highest BCUT2D eigenvalue weighted by molar-refractivity contribution is 6.33. The fourth-order valence-corrected chi connectivity index (χ4v) is 3.96. The molecule has 0 fully saturated rings. The first-order chi connectivity index (χ1) is 13.9. The van der Waals surface area contributed by atoms with Crippen molar-refractivity contribution in [2.24, 2.45) is 16.0 Å². The Labute approximate surface area is 178 Å². The number of carbonyl (C=O) groups is 1. The van der Waals surface area contributed by atoms with Crippen LogP contribution in [-0.2, 0) is 9.53 Å². The van der Waals surface area contributed by atoms with Crippen molar-refractivity contribution in [3.8, 4) is 11.1 Å². The van der Waals surface area contributed by atoms with Crippen molar-refractivity contribution < 1.29 is 9.53 Å². The zero-order chi connectivity index (χ0) is 20.7. The lowest BCUT2D eigenvalue weighted by Gasteiger charge is -2.19. The van der Waals surface area contributed by atoms with Crippen LogP contribution in [0.2, 0.25) is 10.0 Å². The predicted octanol–water partition coefficient (Wildman–Crippen LogP) is 3.78. The molecule has 4 rings (SSSR count). The molecule has 0 radical (unpaired) electrons. The zero-order valence-electron chi connectivity index (χ0n) is 16.2. The highest BCUT2D eigenvalue weighted by atomic mass is 35.5. The second-order valence-electron chi connectivity index (χ2n) is 7.10. The van der Waals surface area contributed by atoms with Gasteiger partial charge >= 0.3 is 5.97 Å². The van der Waals surface area contributed by atoms with Crippen molar-refractivity contribution in [1.82, 2.24) is 5.01 Å². The minimum Gasteiger partial charge on any atom is -0.466 e. The van der Waals surface area contributed by atoms with Gasteiger partial charge in [0, 0.05) is 26.4 Å². The third-order valence-corrected chi connectivity index (χ3v) is 5.41. The van der Waals surface area contributed by atoms with Crippen LogP contribution in [0.4, 0.5) is 0 Å². The number of esters is 1. The Hall–Kier alpha value is -2.63. The summed E-state index contributed by atoms with van der Waals surface area (Å²) < 4.78 is 4.97. The maximum Gasteiger partial charge on any atom is 0.353 e. The Bertz CT molecular complexity index is 1190. The van der Waals surface area contributed by atoms with Gasteiger partial charge in [0.25, 0.3) is 0 Å². The summed E-state index contributed by atoms with van der Waals surface area (Å²) in [5.74, 6) is -0.346. The minimum absolute atomic E-state index is 0.120. The molecule has 7 heteroatoms. The first-order valence-electron chi connectivity index (χ1n) is 9.21. The third kappa shape index (κ3) is 3.45. The van der Waals surface area contributed by atoms with Gasteiger partial charge in [0.2, 0.25) is 6.17 Å². The molecule has 0 saturated heterocycles. The molecule has 29 heavy (non-hydrogen) atoms. The van der Waals surface area contributed by atoms with Gasteiger partial charge in [-0.2, -0.15) is 5.10 Å². The largest absolute Gasteiger partial charge is 0.466 e. The molecule has 2 aromatic rings. The van der Waals surface area contributed by atoms with E-state index < -0.39 is 12.1 Å². The van der Waals surface area contributed by atoms with Crippen molar-refractivity contribution >= 4 is 41.0 Å². The topological polar surface area (TPSA) is 54.3 Å². The number of allylic oxidation sites excluding steroid dienone is 2. The first kappa shape index (κ1) is 19.7. The van der Waals surface area contributed by atoms with Gasteiger partial charge in [-0.15, -0.1) is 0 Å². The average molecular weight is 428 g/mol. The van der Waals surface area contributed by atoms with E-state index in [0.717, 1.165) is 27.8 Å². The Morgan fingerprint density at radius 1 is 1.14 bits per heavy atom. The summed E-state index contributed by atoms with van der Waals surface area (Å²) in [6, 6.07) is 11.2. The number of fused-ring (bicyclic) bond motifs is 2. The molecule has 0 N–H and O–H groups in total. The van der Waals surface area contributed by atoms with Crippen LogP contribution in [0.1, 0.15) is 13.8 Å². The second kappa shape index (κ2) is 7.65. The third-order valence-electron chi connectivity index (χ3n) is 4.86. The standard InChI is InChI=1S/C22H19Cl2N3O2/c1-12(2)19-18-9-8-13-10-14(23)11-16(15-6-4-5-7-17(15)24)20(13)26-27(18)21(25-19)22(28)29-3/h4-12,21H,1-3H3. The van der Waals surface area contributed by atoms with E-state index in [2.05, 4.69) is 4.99 Å². The van der Waals surface area contributed by atoms with Crippen LogP contribution in [0.5, 0.6) is 0 Å². The molecule has 5 nitrogen and oxygen atoms in total. The molecule has 2 aromatic carbocycles. The van der Waals surface area contributed by atoms with Crippen LogP contribution in [0.25, 0.3) is 17.2 Å². The van der Waals surface area contributed by atoms with E-state index in [1.54, 1.807) is 5.01 Å². The molecule has 0 aliphatic carbocycles. The van der Waals surface area contributed by atoms with Gasteiger partial charge in [-0.1, -0.05) is 61.3 Å². The molecule has 0 saturated carbocycles. The smallest absolute Gasteiger partial charge is 0.353 e. The second-order valence-corrected chi connectivity index (χ2v) is 7.94. The summed E-state index contributed by atoms with van der Waals surface area (Å²) in [5.41, 5.74) is 3.17. The lowest BCUT2D eigenvalue weighted by atomic mass is 10.0. The molecule has 0 spiro atoms. The van der Waals surface area contributed by atoms with Crippen LogP contribution in [-0.4, -0.2) is 30.0 Å². The first-order valence-corrected chi connectivity index (χ1v) is 9.96. The Morgan fingerprint density at radius 2 is 1.90 bits per heavy atom. The summed E-state index contributed by atoms with van der Waals surface area (Å²) in [7, 11) is 1.35. The number of methoxy groups -OCH3 is 1. The quantitative estimate of drug-likeness (QED) is 0.700. The van der Waals surface area contributed by atoms with Crippen molar-refractivity contribution in [1.29, 1.82) is 0 Å². The monoisotopic (exact) mass is 427 g/mol. The van der Waals surface area contributed by atoms with E-state index >= 15 is 0 Å². The van der Waals surface area contributed by atoms with Gasteiger partial charge in [-0.05, 0) is 30.2 Å². The summed E-state index contributed by atoms with van der Waals surface area (Å²) in [6.45, 7) is 4.06. The maximum atomic E-state index is 12.4. The molecule has 1 unspecified atom stereocenters. The molecule has 2 aliphatic rings. The van der Waals surface area contributed by atoms with E-state index in [-0.39, 0.29) is 5.92 Å². The molecule has 148 valence electrons. The molecule has 2 aliphatic heterocycles. The number of hydrogen-bond donors (Lipinski definition) is 0. The van der Waals surface area contributed by atoms with Crippen LogP contribution < -0.4 is 10.6 Å². The van der Waals surface area contributed by atoms with Gasteiger partial charge in [-0.3, -0.25) is 0 Å². The SMILES string of the molecule is COC(=O)C1N=C(C(C)C)C2=CC=c3cc(Cl)cc(-c4ccccc4Cl)c3=NN21. The van der Waals surface area contributed by atoms with Crippen molar-refractivity contribution in [2.75, 3.05) is 7.11 Å². The number of ether oxygens (including phenoxy) is 1. The number of rotatable bonds is 3. The number of nitrogens with zero attached hydrogens (tertiary/aromatic N) is 3. The lowest BCUT2D eigenvalue weighted by Crippen LogP contribution is -2.36. The average Bonchev–Trinajstić information content (AvgIpc) is 2.95. The number of aliphatic imine (C=N–C) groups is 1. The molecule has 1 atom stereocenters. The molecule has 0 aromatic heterocycles. The fourth-order valence-electron chi connectivity index (χ4n) is 3.50. The summed E-state index contributed by atoms with van der Waals surface area (Å²) in [5, 5.41) is 9.14. The summed E-state index contributed by atoms with van der Waals surface area (Å²) in [6.07, 6.45) is 3.00. The lowest BCUT2D eigenvalue weighted by molar-refractivity contribution is -0.145. The Kier molecular flexibility index (Phi) is 5.19. The van der Waals surface area contributed by atoms with Crippen molar-refractivity contribution in [3.63, 3.8) is 0 Å². The summed E-state index contributed by atoms with van der Waals surface area (Å²) in [4.78, 5) is 17.0. The molecule has 2 heterocycles. The van der Waals surface area contributed by atoms with Gasteiger partial charge in [0.05, 0.1) is 23.9 Å². The molecular formula is C22H19Cl2N3O2. The molecule has 0 bridgehead atoms. The maximum absolute atomic E-state index is 12.4. The van der Waals surface area contributed by atoms with E-state index in [9.17, 15) is 4.79 Å². The Balaban J connectivity index is 1.99. The molecule has 0 amide bonds. The van der Waals surface area contributed by atoms with Gasteiger partial charge < -0.3 is 4.74 Å². The Morgan fingerprint density at radius 3 is 2.59 bits per heavy atom. The van der Waals surface area contributed by atoms with Crippen LogP contribution in [0.3, 0.4) is 0 Å². The zero-order valence-corrected chi connectivity index (χ0v) is 17.7. The van der Waals surface area contributed by atoms with Gasteiger partial charge in [0.1, 0.15) is 0 Å². The van der Waals surface area contributed by atoms with Crippen molar-refractivity contribution in [2.45, 2.75) is 20.0 Å². The summed E-state index contributed by atoms with van der Waals surface area (Å²) >= 11 is 12.9. The number of carbonyl (C=O) groups excluding carboxylic acids is 1. The number of halogens is 2. The molecular weight excluding hydrogens is 409 g/mol. The van der Waals surface area contributed by atoms with E-state index in [4.69, 9.17) is 33.0 Å². The highest BCUT2D eigenvalue weighted by Crippen LogP contribution is 2.29. The fraction of sp³-hybridized carbons (Fsp3) is 0.227. The normalized spacial score (nSPS) is 17.4. The number of benzene rings is 2. The van der Waals surface area contributed by atoms with E-state index in [1.807, 2.05) is 62.4 Å².